The first-order valence-electron chi connectivity index (χ1n) is 6.66. The van der Waals surface area contributed by atoms with E-state index < -0.39 is 6.10 Å². The number of ether oxygens (including phenoxy) is 1. The Balaban J connectivity index is 0.00000324. The first-order chi connectivity index (χ1) is 8.45. The van der Waals surface area contributed by atoms with Crippen LogP contribution in [0.15, 0.2) is 24.3 Å². The van der Waals surface area contributed by atoms with Crippen LogP contribution in [0.1, 0.15) is 45.7 Å². The van der Waals surface area contributed by atoms with Crippen molar-refractivity contribution in [2.45, 2.75) is 52.4 Å². The van der Waals surface area contributed by atoms with Crippen LogP contribution in [-0.4, -0.2) is 17.3 Å². The molecule has 0 aliphatic heterocycles. The number of hydrogen-bond acceptors (Lipinski definition) is 3. The van der Waals surface area contributed by atoms with Gasteiger partial charge in [-0.3, -0.25) is 0 Å². The Bertz CT molecular complexity index is 354. The molecule has 110 valence electrons. The molecule has 0 heterocycles. The van der Waals surface area contributed by atoms with E-state index >= 15 is 0 Å². The maximum absolute atomic E-state index is 10.1. The predicted molar refractivity (Wildman–Crippen MR) is 81.8 cm³/mol. The zero-order valence-corrected chi connectivity index (χ0v) is 13.0. The zero-order valence-electron chi connectivity index (χ0n) is 12.2. The highest BCUT2D eigenvalue weighted by atomic mass is 35.5. The SMILES string of the molecule is CCC(C)[C@@H](O)[C@@H](N)c1ccc(OC(C)C)cc1.Cl. The molecule has 0 bridgehead atoms. The molecule has 0 saturated carbocycles. The van der Waals surface area contributed by atoms with Crippen molar-refractivity contribution in [1.82, 2.24) is 0 Å². The van der Waals surface area contributed by atoms with Crippen molar-refractivity contribution in [2.24, 2.45) is 11.7 Å². The fraction of sp³-hybridized carbons (Fsp3) is 0.600. The molecule has 19 heavy (non-hydrogen) atoms. The number of halogens is 1. The van der Waals surface area contributed by atoms with Gasteiger partial charge in [-0.15, -0.1) is 12.4 Å². The van der Waals surface area contributed by atoms with Gasteiger partial charge >= 0.3 is 0 Å². The summed E-state index contributed by atoms with van der Waals surface area (Å²) in [6, 6.07) is 7.31. The van der Waals surface area contributed by atoms with Gasteiger partial charge in [0, 0.05) is 0 Å². The van der Waals surface area contributed by atoms with Crippen molar-refractivity contribution < 1.29 is 9.84 Å². The molecule has 0 radical (unpaired) electrons. The van der Waals surface area contributed by atoms with Gasteiger partial charge in [0.15, 0.2) is 0 Å². The summed E-state index contributed by atoms with van der Waals surface area (Å²) >= 11 is 0. The van der Waals surface area contributed by atoms with E-state index in [2.05, 4.69) is 6.92 Å². The van der Waals surface area contributed by atoms with Crippen molar-refractivity contribution in [3.63, 3.8) is 0 Å². The molecule has 0 spiro atoms. The van der Waals surface area contributed by atoms with Crippen LogP contribution in [0.3, 0.4) is 0 Å². The van der Waals surface area contributed by atoms with E-state index in [1.165, 1.54) is 0 Å². The van der Waals surface area contributed by atoms with E-state index in [0.29, 0.717) is 0 Å². The molecule has 3 nitrogen and oxygen atoms in total. The Morgan fingerprint density at radius 3 is 2.11 bits per heavy atom. The summed E-state index contributed by atoms with van der Waals surface area (Å²) in [5.74, 6) is 1.03. The molecule has 0 saturated heterocycles. The summed E-state index contributed by atoms with van der Waals surface area (Å²) in [6.45, 7) is 8.06. The first kappa shape index (κ1) is 18.2. The van der Waals surface area contributed by atoms with Crippen LogP contribution in [0.4, 0.5) is 0 Å². The van der Waals surface area contributed by atoms with Crippen LogP contribution in [0.2, 0.25) is 0 Å². The average molecular weight is 288 g/mol. The predicted octanol–water partition coefficient (Wildman–Crippen LogP) is 3.30. The third-order valence-corrected chi connectivity index (χ3v) is 3.23. The van der Waals surface area contributed by atoms with E-state index in [9.17, 15) is 5.11 Å². The molecule has 0 aromatic heterocycles. The molecular formula is C15H26ClNO2. The second-order valence-electron chi connectivity index (χ2n) is 5.14. The van der Waals surface area contributed by atoms with Crippen molar-refractivity contribution in [3.8, 4) is 5.75 Å². The van der Waals surface area contributed by atoms with E-state index in [1.54, 1.807) is 0 Å². The quantitative estimate of drug-likeness (QED) is 0.844. The molecule has 1 rings (SSSR count). The van der Waals surface area contributed by atoms with E-state index in [1.807, 2.05) is 45.0 Å². The van der Waals surface area contributed by atoms with Gasteiger partial charge in [-0.25, -0.2) is 0 Å². The molecule has 0 aliphatic carbocycles. The molecule has 0 aliphatic rings. The summed E-state index contributed by atoms with van der Waals surface area (Å²) < 4.78 is 5.57. The molecule has 0 amide bonds. The number of rotatable bonds is 6. The topological polar surface area (TPSA) is 55.5 Å². The number of hydrogen-bond donors (Lipinski definition) is 2. The minimum Gasteiger partial charge on any atom is -0.491 e. The smallest absolute Gasteiger partial charge is 0.119 e. The lowest BCUT2D eigenvalue weighted by Gasteiger charge is -2.24. The fourth-order valence-corrected chi connectivity index (χ4v) is 1.83. The Morgan fingerprint density at radius 2 is 1.68 bits per heavy atom. The standard InChI is InChI=1S/C15H25NO2.ClH/c1-5-11(4)15(17)14(16)12-6-8-13(9-7-12)18-10(2)3;/h6-11,14-15,17H,5,16H2,1-4H3;1H/t11?,14-,15+;/m0./s1. The van der Waals surface area contributed by atoms with Gasteiger partial charge in [-0.2, -0.15) is 0 Å². The van der Waals surface area contributed by atoms with Gasteiger partial charge in [0.1, 0.15) is 5.75 Å². The van der Waals surface area contributed by atoms with Crippen LogP contribution < -0.4 is 10.5 Å². The van der Waals surface area contributed by atoms with Gasteiger partial charge in [-0.1, -0.05) is 32.4 Å². The second-order valence-corrected chi connectivity index (χ2v) is 5.14. The van der Waals surface area contributed by atoms with Gasteiger partial charge in [0.25, 0.3) is 0 Å². The third-order valence-electron chi connectivity index (χ3n) is 3.23. The van der Waals surface area contributed by atoms with Gasteiger partial charge in [0.05, 0.1) is 18.2 Å². The highest BCUT2D eigenvalue weighted by Gasteiger charge is 2.21. The molecule has 1 aromatic rings. The third kappa shape index (κ3) is 5.39. The van der Waals surface area contributed by atoms with Crippen LogP contribution in [0.25, 0.3) is 0 Å². The Morgan fingerprint density at radius 1 is 1.16 bits per heavy atom. The molecule has 1 aromatic carbocycles. The van der Waals surface area contributed by atoms with Crippen LogP contribution in [-0.2, 0) is 0 Å². The summed E-state index contributed by atoms with van der Waals surface area (Å²) in [4.78, 5) is 0. The number of aliphatic hydroxyl groups excluding tert-OH is 1. The van der Waals surface area contributed by atoms with Crippen molar-refractivity contribution in [3.05, 3.63) is 29.8 Å². The Kier molecular flexibility index (Phi) is 8.07. The number of aliphatic hydroxyl groups is 1. The minimum absolute atomic E-state index is 0. The minimum atomic E-state index is -0.508. The van der Waals surface area contributed by atoms with Crippen molar-refractivity contribution in [1.29, 1.82) is 0 Å². The average Bonchev–Trinajstić information content (AvgIpc) is 2.36. The van der Waals surface area contributed by atoms with E-state index in [4.69, 9.17) is 10.5 Å². The molecule has 3 atom stereocenters. The first-order valence-corrected chi connectivity index (χ1v) is 6.66. The summed E-state index contributed by atoms with van der Waals surface area (Å²) in [7, 11) is 0. The normalized spacial score (nSPS) is 15.5. The van der Waals surface area contributed by atoms with E-state index in [0.717, 1.165) is 17.7 Å². The second kappa shape index (κ2) is 8.41. The molecule has 0 fully saturated rings. The lowest BCUT2D eigenvalue weighted by Crippen LogP contribution is -2.31. The van der Waals surface area contributed by atoms with Gasteiger partial charge in [-0.05, 0) is 37.5 Å². The maximum Gasteiger partial charge on any atom is 0.119 e. The zero-order chi connectivity index (χ0) is 13.7. The maximum atomic E-state index is 10.1. The highest BCUT2D eigenvalue weighted by molar-refractivity contribution is 5.85. The monoisotopic (exact) mass is 287 g/mol. The van der Waals surface area contributed by atoms with E-state index in [-0.39, 0.29) is 30.5 Å². The molecular weight excluding hydrogens is 262 g/mol. The van der Waals surface area contributed by atoms with Gasteiger partial charge in [0.2, 0.25) is 0 Å². The highest BCUT2D eigenvalue weighted by Crippen LogP contribution is 2.23. The fourth-order valence-electron chi connectivity index (χ4n) is 1.83. The van der Waals surface area contributed by atoms with Crippen LogP contribution in [0, 0.1) is 5.92 Å². The van der Waals surface area contributed by atoms with Crippen LogP contribution in [0.5, 0.6) is 5.75 Å². The molecule has 1 unspecified atom stereocenters. The van der Waals surface area contributed by atoms with Gasteiger partial charge < -0.3 is 15.6 Å². The van der Waals surface area contributed by atoms with Crippen molar-refractivity contribution in [2.75, 3.05) is 0 Å². The molecule has 3 N–H and O–H groups in total. The summed E-state index contributed by atoms with van der Waals surface area (Å²) in [5.41, 5.74) is 7.02. The Hall–Kier alpha value is -0.770. The lowest BCUT2D eigenvalue weighted by molar-refractivity contribution is 0.0879. The number of benzene rings is 1. The number of nitrogens with two attached hydrogens (primary N) is 1. The summed E-state index contributed by atoms with van der Waals surface area (Å²) in [6.07, 6.45) is 0.575. The largest absolute Gasteiger partial charge is 0.491 e. The van der Waals surface area contributed by atoms with Crippen molar-refractivity contribution >= 4 is 12.4 Å². The summed E-state index contributed by atoms with van der Waals surface area (Å²) in [5, 5.41) is 10.1. The Labute approximate surface area is 122 Å². The molecule has 4 heteroatoms. The van der Waals surface area contributed by atoms with Crippen LogP contribution >= 0.6 is 12.4 Å². The lowest BCUT2D eigenvalue weighted by atomic mass is 9.91.